The average Bonchev–Trinajstić information content (AvgIpc) is 3.55. The van der Waals surface area contributed by atoms with E-state index in [2.05, 4.69) is 33.2 Å². The Morgan fingerprint density at radius 1 is 1.03 bits per heavy atom. The van der Waals surface area contributed by atoms with Gasteiger partial charge in [-0.25, -0.2) is 4.99 Å². The van der Waals surface area contributed by atoms with E-state index in [1.807, 2.05) is 41.1 Å². The molecule has 0 unspecified atom stereocenters. The number of fused-ring (bicyclic) bond motifs is 1. The van der Waals surface area contributed by atoms with Crippen molar-refractivity contribution in [3.05, 3.63) is 74.7 Å². The summed E-state index contributed by atoms with van der Waals surface area (Å²) in [5, 5.41) is 13.7. The number of H-pyrrole nitrogens is 1. The number of nitrogens with one attached hydrogen (secondary N) is 2. The van der Waals surface area contributed by atoms with Crippen LogP contribution in [0.2, 0.25) is 0 Å². The van der Waals surface area contributed by atoms with Gasteiger partial charge in [-0.05, 0) is 65.4 Å². The monoisotopic (exact) mass is 505 g/mol. The summed E-state index contributed by atoms with van der Waals surface area (Å²) in [7, 11) is 0. The molecule has 0 spiro atoms. The lowest BCUT2D eigenvalue weighted by molar-refractivity contribution is 0.313. The number of benzene rings is 1. The molecule has 4 aromatic rings. The molecule has 168 valence electrons. The Morgan fingerprint density at radius 2 is 1.72 bits per heavy atom. The molecule has 1 aliphatic heterocycles. The third kappa shape index (κ3) is 4.86. The van der Waals surface area contributed by atoms with Crippen LogP contribution in [-0.4, -0.2) is 34.6 Å². The molecule has 3 aromatic heterocycles. The highest BCUT2D eigenvalue weighted by Crippen LogP contribution is 2.35. The summed E-state index contributed by atoms with van der Waals surface area (Å²) in [6, 6.07) is 14.3. The number of nitrogens with zero attached hydrogens (tertiary/aromatic N) is 2. The lowest BCUT2D eigenvalue weighted by atomic mass is 9.89. The summed E-state index contributed by atoms with van der Waals surface area (Å²) in [5.41, 5.74) is 9.54. The maximum atomic E-state index is 8.47. The van der Waals surface area contributed by atoms with Crippen LogP contribution in [0, 0.1) is 5.41 Å². The highest BCUT2D eigenvalue weighted by atomic mass is 35.5. The van der Waals surface area contributed by atoms with Crippen LogP contribution in [0.4, 0.5) is 5.69 Å². The van der Waals surface area contributed by atoms with Crippen LogP contribution in [0.15, 0.2) is 64.4 Å². The summed E-state index contributed by atoms with van der Waals surface area (Å²) < 4.78 is 0. The van der Waals surface area contributed by atoms with Crippen molar-refractivity contribution in [1.82, 2.24) is 9.88 Å². The van der Waals surface area contributed by atoms with Gasteiger partial charge in [0.1, 0.15) is 11.7 Å². The molecule has 1 aromatic carbocycles. The summed E-state index contributed by atoms with van der Waals surface area (Å²) in [6.07, 6.45) is 4.24. The van der Waals surface area contributed by atoms with Crippen molar-refractivity contribution in [3.8, 4) is 0 Å². The molecule has 0 bridgehead atoms. The van der Waals surface area contributed by atoms with Crippen LogP contribution in [0.1, 0.15) is 34.1 Å². The second-order valence-electron chi connectivity index (χ2n) is 7.54. The Morgan fingerprint density at radius 3 is 2.38 bits per heavy atom. The molecule has 1 aliphatic rings. The number of amidine groups is 2. The lowest BCUT2D eigenvalue weighted by Crippen LogP contribution is -2.37. The first kappa shape index (κ1) is 24.3. The second-order valence-corrected chi connectivity index (χ2v) is 9.43. The van der Waals surface area contributed by atoms with E-state index < -0.39 is 0 Å². The molecule has 4 heterocycles. The Balaban J connectivity index is 0.00000144. The summed E-state index contributed by atoms with van der Waals surface area (Å²) in [4.78, 5) is 12.3. The molecule has 32 heavy (non-hydrogen) atoms. The van der Waals surface area contributed by atoms with Gasteiger partial charge in [0, 0.05) is 30.2 Å². The molecule has 0 amide bonds. The van der Waals surface area contributed by atoms with Gasteiger partial charge in [-0.2, -0.15) is 0 Å². The minimum absolute atomic E-state index is 0. The van der Waals surface area contributed by atoms with E-state index in [9.17, 15) is 0 Å². The maximum Gasteiger partial charge on any atom is 0.141 e. The lowest BCUT2D eigenvalue weighted by Gasteiger charge is -2.33. The van der Waals surface area contributed by atoms with Gasteiger partial charge in [0.15, 0.2) is 0 Å². The molecule has 1 saturated heterocycles. The van der Waals surface area contributed by atoms with Gasteiger partial charge in [-0.15, -0.1) is 47.5 Å². The minimum atomic E-state index is 0. The van der Waals surface area contributed by atoms with Crippen molar-refractivity contribution in [2.45, 2.75) is 18.8 Å². The van der Waals surface area contributed by atoms with Gasteiger partial charge in [0.25, 0.3) is 0 Å². The number of aromatic amines is 1. The van der Waals surface area contributed by atoms with Crippen molar-refractivity contribution >= 4 is 75.7 Å². The van der Waals surface area contributed by atoms with E-state index >= 15 is 0 Å². The van der Waals surface area contributed by atoms with Gasteiger partial charge < -0.3 is 15.6 Å². The molecular weight excluding hydrogens is 481 g/mol. The van der Waals surface area contributed by atoms with Crippen LogP contribution in [0.3, 0.4) is 0 Å². The third-order valence-electron chi connectivity index (χ3n) is 5.73. The molecule has 4 N–H and O–H groups in total. The van der Waals surface area contributed by atoms with Gasteiger partial charge in [0.2, 0.25) is 0 Å². The first-order chi connectivity index (χ1) is 14.7. The van der Waals surface area contributed by atoms with Crippen molar-refractivity contribution < 1.29 is 0 Å². The fourth-order valence-corrected chi connectivity index (χ4v) is 5.47. The molecule has 9 heteroatoms. The maximum absolute atomic E-state index is 8.47. The number of aromatic nitrogens is 1. The fourth-order valence-electron chi connectivity index (χ4n) is 4.14. The Kier molecular flexibility index (Phi) is 8.00. The van der Waals surface area contributed by atoms with Gasteiger partial charge in [0.05, 0.1) is 15.4 Å². The van der Waals surface area contributed by atoms with Gasteiger partial charge in [-0.1, -0.05) is 12.1 Å². The van der Waals surface area contributed by atoms with E-state index in [4.69, 9.17) is 11.1 Å². The predicted octanol–water partition coefficient (Wildman–Crippen LogP) is 6.38. The number of hydrogen-bond acceptors (Lipinski definition) is 4. The van der Waals surface area contributed by atoms with Gasteiger partial charge >= 0.3 is 0 Å². The van der Waals surface area contributed by atoms with Gasteiger partial charge in [-0.3, -0.25) is 5.41 Å². The molecule has 5 rings (SSSR count). The van der Waals surface area contributed by atoms with Crippen LogP contribution < -0.4 is 5.73 Å². The first-order valence-corrected chi connectivity index (χ1v) is 11.8. The van der Waals surface area contributed by atoms with E-state index in [0.29, 0.717) is 17.6 Å². The molecule has 5 nitrogen and oxygen atoms in total. The summed E-state index contributed by atoms with van der Waals surface area (Å²) in [6.45, 7) is 1.83. The highest BCUT2D eigenvalue weighted by Gasteiger charge is 2.25. The fraction of sp³-hybridized carbons (Fsp3) is 0.217. The van der Waals surface area contributed by atoms with E-state index in [1.54, 1.807) is 22.7 Å². The molecule has 0 aliphatic carbocycles. The number of thiophene rings is 2. The standard InChI is InChI=1S/C23H23N5S2.2ClH/c24-22(20-3-1-11-29-20)27-16-5-6-19-17(13-16)18(14-26-19)15-7-9-28(10-8-15)23(25)21-4-2-12-30-21;;/h1-6,11-15,25-26H,7-10H2,(H2,24,27);2*1H. The highest BCUT2D eigenvalue weighted by molar-refractivity contribution is 7.12. The minimum Gasteiger partial charge on any atom is -0.383 e. The number of halogens is 2. The van der Waals surface area contributed by atoms with Crippen molar-refractivity contribution in [1.29, 1.82) is 5.41 Å². The zero-order chi connectivity index (χ0) is 20.5. The second kappa shape index (κ2) is 10.5. The van der Waals surface area contributed by atoms with E-state index in [0.717, 1.165) is 46.9 Å². The molecule has 0 atom stereocenters. The quantitative estimate of drug-likeness (QED) is 0.222. The zero-order valence-electron chi connectivity index (χ0n) is 17.3. The van der Waals surface area contributed by atoms with Crippen molar-refractivity contribution in [2.75, 3.05) is 13.1 Å². The molecule has 0 radical (unpaired) electrons. The Labute approximate surface area is 207 Å². The van der Waals surface area contributed by atoms with E-state index in [1.165, 1.54) is 10.9 Å². The third-order valence-corrected chi connectivity index (χ3v) is 7.50. The zero-order valence-corrected chi connectivity index (χ0v) is 20.6. The Bertz CT molecular complexity index is 1190. The average molecular weight is 507 g/mol. The number of nitrogens with two attached hydrogens (primary N) is 1. The predicted molar refractivity (Wildman–Crippen MR) is 142 cm³/mol. The summed E-state index contributed by atoms with van der Waals surface area (Å²) in [5.74, 6) is 1.70. The number of aliphatic imine (C=N–C) groups is 1. The molecular formula is C23H25Cl2N5S2. The van der Waals surface area contributed by atoms with E-state index in [-0.39, 0.29) is 24.8 Å². The van der Waals surface area contributed by atoms with Crippen LogP contribution in [0.25, 0.3) is 10.9 Å². The number of piperidine rings is 1. The normalized spacial score (nSPS) is 14.8. The smallest absolute Gasteiger partial charge is 0.141 e. The van der Waals surface area contributed by atoms with Crippen LogP contribution in [0.5, 0.6) is 0 Å². The number of likely N-dealkylation sites (tertiary alicyclic amines) is 1. The molecule has 0 saturated carbocycles. The van der Waals surface area contributed by atoms with Crippen molar-refractivity contribution in [3.63, 3.8) is 0 Å². The van der Waals surface area contributed by atoms with Crippen LogP contribution >= 0.6 is 47.5 Å². The van der Waals surface area contributed by atoms with Crippen molar-refractivity contribution in [2.24, 2.45) is 10.7 Å². The largest absolute Gasteiger partial charge is 0.383 e. The summed E-state index contributed by atoms with van der Waals surface area (Å²) >= 11 is 3.24. The SMILES string of the molecule is Cl.Cl.N=C(c1cccs1)N1CCC(c2c[nH]c3ccc(N=C(N)c4cccs4)cc23)CC1. The Hall–Kier alpha value is -2.32. The molecule has 1 fully saturated rings. The topological polar surface area (TPSA) is 81.3 Å². The first-order valence-electron chi connectivity index (χ1n) is 10.1. The van der Waals surface area contributed by atoms with Crippen LogP contribution in [-0.2, 0) is 0 Å². The number of rotatable bonds is 4. The number of hydrogen-bond donors (Lipinski definition) is 3.